The van der Waals surface area contributed by atoms with Gasteiger partial charge in [0.25, 0.3) is 0 Å². The lowest BCUT2D eigenvalue weighted by Crippen LogP contribution is -2.05. The molecule has 0 aliphatic rings. The highest BCUT2D eigenvalue weighted by Crippen LogP contribution is 2.14. The van der Waals surface area contributed by atoms with Crippen LogP contribution < -0.4 is 0 Å². The lowest BCUT2D eigenvalue weighted by molar-refractivity contribution is 0.424. The van der Waals surface area contributed by atoms with Gasteiger partial charge in [0.2, 0.25) is 0 Å². The Labute approximate surface area is 113 Å². The van der Waals surface area contributed by atoms with Gasteiger partial charge < -0.3 is 4.57 Å². The maximum absolute atomic E-state index is 4.08. The van der Waals surface area contributed by atoms with E-state index in [0.717, 1.165) is 12.5 Å². The van der Waals surface area contributed by atoms with Crippen LogP contribution in [0.1, 0.15) is 71.6 Å². The zero-order valence-corrected chi connectivity index (χ0v) is 12.3. The quantitative estimate of drug-likeness (QED) is 0.502. The molecule has 2 heteroatoms. The van der Waals surface area contributed by atoms with E-state index in [2.05, 4.69) is 29.6 Å². The summed E-state index contributed by atoms with van der Waals surface area (Å²) in [5, 5.41) is 0. The maximum Gasteiger partial charge on any atom is 0.0945 e. The Bertz CT molecular complexity index is 267. The fourth-order valence-electron chi connectivity index (χ4n) is 2.47. The third-order valence-corrected chi connectivity index (χ3v) is 3.63. The molecular weight excluding hydrogens is 220 g/mol. The Kier molecular flexibility index (Phi) is 8.62. The van der Waals surface area contributed by atoms with Gasteiger partial charge in [-0.05, 0) is 12.3 Å². The van der Waals surface area contributed by atoms with E-state index >= 15 is 0 Å². The third-order valence-electron chi connectivity index (χ3n) is 3.63. The van der Waals surface area contributed by atoms with Gasteiger partial charge in [-0.2, -0.15) is 0 Å². The van der Waals surface area contributed by atoms with Crippen molar-refractivity contribution in [1.29, 1.82) is 0 Å². The van der Waals surface area contributed by atoms with E-state index in [1.807, 2.05) is 12.5 Å². The molecule has 18 heavy (non-hydrogen) atoms. The van der Waals surface area contributed by atoms with Crippen molar-refractivity contribution in [2.24, 2.45) is 5.92 Å². The first kappa shape index (κ1) is 15.3. The van der Waals surface area contributed by atoms with Crippen LogP contribution in [-0.2, 0) is 6.54 Å². The summed E-state index contributed by atoms with van der Waals surface area (Å²) < 4.78 is 2.19. The largest absolute Gasteiger partial charge is 0.337 e. The van der Waals surface area contributed by atoms with Gasteiger partial charge in [-0.1, -0.05) is 65.2 Å². The first-order chi connectivity index (χ1) is 8.83. The smallest absolute Gasteiger partial charge is 0.0945 e. The first-order valence-electron chi connectivity index (χ1n) is 7.78. The van der Waals surface area contributed by atoms with Crippen LogP contribution in [0.4, 0.5) is 0 Å². The monoisotopic (exact) mass is 250 g/mol. The molecule has 0 bridgehead atoms. The van der Waals surface area contributed by atoms with Crippen LogP contribution in [0.3, 0.4) is 0 Å². The van der Waals surface area contributed by atoms with Crippen LogP contribution in [0, 0.1) is 5.92 Å². The molecule has 0 saturated carbocycles. The average Bonchev–Trinajstić information content (AvgIpc) is 2.85. The molecule has 1 aromatic heterocycles. The molecule has 1 atom stereocenters. The molecule has 0 aromatic carbocycles. The molecule has 104 valence electrons. The standard InChI is InChI=1S/C16H30N2/c1-3-4-5-6-7-8-9-10-11-16(2)14-18-13-12-17-15-18/h12-13,15-16H,3-11,14H2,1-2H3. The van der Waals surface area contributed by atoms with Gasteiger partial charge in [0, 0.05) is 18.9 Å². The molecule has 1 unspecified atom stereocenters. The van der Waals surface area contributed by atoms with Crippen LogP contribution in [-0.4, -0.2) is 9.55 Å². The van der Waals surface area contributed by atoms with Crippen LogP contribution in [0.15, 0.2) is 18.7 Å². The molecule has 0 N–H and O–H groups in total. The van der Waals surface area contributed by atoms with Gasteiger partial charge in [0.05, 0.1) is 6.33 Å². The minimum absolute atomic E-state index is 0.777. The summed E-state index contributed by atoms with van der Waals surface area (Å²) in [7, 11) is 0. The second-order valence-electron chi connectivity index (χ2n) is 5.63. The number of imidazole rings is 1. The second kappa shape index (κ2) is 10.2. The second-order valence-corrected chi connectivity index (χ2v) is 5.63. The summed E-state index contributed by atoms with van der Waals surface area (Å²) in [4.78, 5) is 4.08. The van der Waals surface area contributed by atoms with Crippen molar-refractivity contribution < 1.29 is 0 Å². The molecule has 1 aromatic rings. The van der Waals surface area contributed by atoms with E-state index in [-0.39, 0.29) is 0 Å². The topological polar surface area (TPSA) is 17.8 Å². The van der Waals surface area contributed by atoms with Crippen molar-refractivity contribution in [3.8, 4) is 0 Å². The SMILES string of the molecule is CCCCCCCCCCC(C)Cn1ccnc1. The van der Waals surface area contributed by atoms with Gasteiger partial charge in [-0.3, -0.25) is 0 Å². The Balaban J connectivity index is 1.88. The lowest BCUT2D eigenvalue weighted by Gasteiger charge is -2.11. The van der Waals surface area contributed by atoms with Gasteiger partial charge in [0.15, 0.2) is 0 Å². The molecular formula is C16H30N2. The highest BCUT2D eigenvalue weighted by molar-refractivity contribution is 4.74. The molecule has 0 radical (unpaired) electrons. The van der Waals surface area contributed by atoms with Crippen LogP contribution >= 0.6 is 0 Å². The maximum atomic E-state index is 4.08. The molecule has 1 rings (SSSR count). The molecule has 0 spiro atoms. The summed E-state index contributed by atoms with van der Waals surface area (Å²) in [5.74, 6) is 0.777. The zero-order chi connectivity index (χ0) is 13.1. The number of rotatable bonds is 11. The molecule has 0 amide bonds. The Morgan fingerprint density at radius 2 is 1.67 bits per heavy atom. The summed E-state index contributed by atoms with van der Waals surface area (Å²) in [6.07, 6.45) is 18.5. The Morgan fingerprint density at radius 1 is 1.00 bits per heavy atom. The molecule has 2 nitrogen and oxygen atoms in total. The van der Waals surface area contributed by atoms with Crippen LogP contribution in [0.25, 0.3) is 0 Å². The van der Waals surface area contributed by atoms with Crippen molar-refractivity contribution in [2.75, 3.05) is 0 Å². The Morgan fingerprint density at radius 3 is 2.28 bits per heavy atom. The fraction of sp³-hybridized carbons (Fsp3) is 0.812. The molecule has 0 aliphatic carbocycles. The average molecular weight is 250 g/mol. The van der Waals surface area contributed by atoms with Crippen LogP contribution in [0.2, 0.25) is 0 Å². The van der Waals surface area contributed by atoms with Crippen molar-refractivity contribution in [1.82, 2.24) is 9.55 Å². The van der Waals surface area contributed by atoms with E-state index in [1.54, 1.807) is 0 Å². The van der Waals surface area contributed by atoms with Crippen LogP contribution in [0.5, 0.6) is 0 Å². The predicted molar refractivity (Wildman–Crippen MR) is 78.6 cm³/mol. The summed E-state index contributed by atoms with van der Waals surface area (Å²) in [5.41, 5.74) is 0. The van der Waals surface area contributed by atoms with E-state index in [4.69, 9.17) is 0 Å². The number of hydrogen-bond acceptors (Lipinski definition) is 1. The van der Waals surface area contributed by atoms with Gasteiger partial charge >= 0.3 is 0 Å². The molecule has 1 heterocycles. The van der Waals surface area contributed by atoms with Gasteiger partial charge in [-0.15, -0.1) is 0 Å². The van der Waals surface area contributed by atoms with Gasteiger partial charge in [0.1, 0.15) is 0 Å². The lowest BCUT2D eigenvalue weighted by atomic mass is 10.0. The number of nitrogens with zero attached hydrogens (tertiary/aromatic N) is 2. The number of hydrogen-bond donors (Lipinski definition) is 0. The molecule has 0 fully saturated rings. The number of aromatic nitrogens is 2. The summed E-state index contributed by atoms with van der Waals surface area (Å²) >= 11 is 0. The predicted octanol–water partition coefficient (Wildman–Crippen LogP) is 5.05. The van der Waals surface area contributed by atoms with E-state index in [9.17, 15) is 0 Å². The third kappa shape index (κ3) is 7.52. The minimum Gasteiger partial charge on any atom is -0.337 e. The van der Waals surface area contributed by atoms with E-state index in [0.29, 0.717) is 0 Å². The van der Waals surface area contributed by atoms with E-state index < -0.39 is 0 Å². The molecule has 0 aliphatic heterocycles. The molecule has 0 saturated heterocycles. The first-order valence-corrected chi connectivity index (χ1v) is 7.78. The van der Waals surface area contributed by atoms with Crippen molar-refractivity contribution in [3.05, 3.63) is 18.7 Å². The number of unbranched alkanes of at least 4 members (excludes halogenated alkanes) is 7. The fourth-order valence-corrected chi connectivity index (χ4v) is 2.47. The van der Waals surface area contributed by atoms with Crippen molar-refractivity contribution in [2.45, 2.75) is 78.2 Å². The minimum atomic E-state index is 0.777. The summed E-state index contributed by atoms with van der Waals surface area (Å²) in [6, 6.07) is 0. The van der Waals surface area contributed by atoms with Crippen molar-refractivity contribution >= 4 is 0 Å². The highest BCUT2D eigenvalue weighted by atomic mass is 15.0. The van der Waals surface area contributed by atoms with E-state index in [1.165, 1.54) is 57.8 Å². The highest BCUT2D eigenvalue weighted by Gasteiger charge is 2.02. The van der Waals surface area contributed by atoms with Gasteiger partial charge in [-0.25, -0.2) is 4.98 Å². The summed E-state index contributed by atoms with van der Waals surface area (Å²) in [6.45, 7) is 5.75. The zero-order valence-electron chi connectivity index (χ0n) is 12.3. The van der Waals surface area contributed by atoms with Crippen molar-refractivity contribution in [3.63, 3.8) is 0 Å². The normalized spacial score (nSPS) is 12.8. The Hall–Kier alpha value is -0.790.